The van der Waals surface area contributed by atoms with Crippen LogP contribution in [-0.2, 0) is 4.79 Å². The summed E-state index contributed by atoms with van der Waals surface area (Å²) in [5, 5.41) is 2.98. The molecule has 0 spiro atoms. The highest BCUT2D eigenvalue weighted by atomic mass is 16.5. The SMILES string of the molecule is CCOc1ccc(NC(=O)CN2C3CC2CN(c2ccnc(C)n2)C3)cc1. The van der Waals surface area contributed by atoms with Gasteiger partial charge in [-0.1, -0.05) is 0 Å². The van der Waals surface area contributed by atoms with Gasteiger partial charge in [0.25, 0.3) is 0 Å². The molecule has 0 radical (unpaired) electrons. The minimum atomic E-state index is 0.0280. The van der Waals surface area contributed by atoms with Crippen LogP contribution in [0.3, 0.4) is 0 Å². The molecule has 3 saturated heterocycles. The van der Waals surface area contributed by atoms with Gasteiger partial charge >= 0.3 is 0 Å². The molecule has 2 atom stereocenters. The summed E-state index contributed by atoms with van der Waals surface area (Å²) in [7, 11) is 0. The number of carbonyl (C=O) groups excluding carboxylic acids is 1. The number of nitrogens with zero attached hydrogens (tertiary/aromatic N) is 4. The first kappa shape index (κ1) is 17.7. The van der Waals surface area contributed by atoms with Gasteiger partial charge in [-0.2, -0.15) is 0 Å². The van der Waals surface area contributed by atoms with Gasteiger partial charge in [0, 0.05) is 37.1 Å². The maximum atomic E-state index is 12.4. The minimum Gasteiger partial charge on any atom is -0.494 e. The quantitative estimate of drug-likeness (QED) is 0.843. The summed E-state index contributed by atoms with van der Waals surface area (Å²) in [6.45, 7) is 6.74. The highest BCUT2D eigenvalue weighted by molar-refractivity contribution is 5.92. The summed E-state index contributed by atoms with van der Waals surface area (Å²) in [4.78, 5) is 25.7. The zero-order chi connectivity index (χ0) is 18.8. The summed E-state index contributed by atoms with van der Waals surface area (Å²) in [5.74, 6) is 2.61. The summed E-state index contributed by atoms with van der Waals surface area (Å²) in [5.41, 5.74) is 0.798. The number of fused-ring (bicyclic) bond motifs is 2. The Hall–Kier alpha value is -2.67. The average Bonchev–Trinajstić information content (AvgIpc) is 2.68. The first-order valence-electron chi connectivity index (χ1n) is 9.45. The van der Waals surface area contributed by atoms with Gasteiger partial charge in [-0.15, -0.1) is 0 Å². The number of hydrogen-bond donors (Lipinski definition) is 1. The largest absolute Gasteiger partial charge is 0.494 e. The van der Waals surface area contributed by atoms with E-state index in [9.17, 15) is 4.79 Å². The van der Waals surface area contributed by atoms with Crippen LogP contribution in [0.2, 0.25) is 0 Å². The molecule has 2 aromatic rings. The van der Waals surface area contributed by atoms with Crippen LogP contribution in [-0.4, -0.2) is 59.1 Å². The fourth-order valence-electron chi connectivity index (χ4n) is 3.92. The lowest BCUT2D eigenvalue weighted by molar-refractivity contribution is -0.121. The number of carbonyl (C=O) groups is 1. The number of piperazine rings is 1. The molecule has 142 valence electrons. The second-order valence-corrected chi connectivity index (χ2v) is 7.09. The van der Waals surface area contributed by atoms with Gasteiger partial charge in [-0.05, 0) is 50.6 Å². The Morgan fingerprint density at radius 2 is 1.96 bits per heavy atom. The van der Waals surface area contributed by atoms with E-state index in [1.807, 2.05) is 44.2 Å². The van der Waals surface area contributed by atoms with Crippen molar-refractivity contribution in [3.05, 3.63) is 42.4 Å². The van der Waals surface area contributed by atoms with E-state index in [1.165, 1.54) is 0 Å². The van der Waals surface area contributed by atoms with E-state index in [0.29, 0.717) is 25.2 Å². The molecule has 1 amide bonds. The highest BCUT2D eigenvalue weighted by Crippen LogP contribution is 2.33. The molecule has 7 heteroatoms. The lowest BCUT2D eigenvalue weighted by Gasteiger charge is -2.56. The van der Waals surface area contributed by atoms with E-state index in [-0.39, 0.29) is 5.91 Å². The number of nitrogens with one attached hydrogen (secondary N) is 1. The van der Waals surface area contributed by atoms with E-state index in [0.717, 1.165) is 42.6 Å². The van der Waals surface area contributed by atoms with Crippen LogP contribution in [0.15, 0.2) is 36.5 Å². The number of piperidine rings is 1. The van der Waals surface area contributed by atoms with Gasteiger partial charge < -0.3 is 15.0 Å². The van der Waals surface area contributed by atoms with Crippen molar-refractivity contribution in [2.75, 3.05) is 36.5 Å². The molecule has 5 rings (SSSR count). The van der Waals surface area contributed by atoms with Crippen LogP contribution in [0.25, 0.3) is 0 Å². The van der Waals surface area contributed by atoms with Crippen LogP contribution in [0.5, 0.6) is 5.75 Å². The fourth-order valence-corrected chi connectivity index (χ4v) is 3.92. The predicted octanol–water partition coefficient (Wildman–Crippen LogP) is 2.09. The number of amides is 1. The van der Waals surface area contributed by atoms with Crippen LogP contribution >= 0.6 is 0 Å². The molecule has 0 aliphatic carbocycles. The molecule has 7 nitrogen and oxygen atoms in total. The van der Waals surface area contributed by atoms with Crippen LogP contribution < -0.4 is 15.0 Å². The number of ether oxygens (including phenoxy) is 1. The molecular weight excluding hydrogens is 342 g/mol. The van der Waals surface area contributed by atoms with Gasteiger partial charge in [0.05, 0.1) is 13.2 Å². The third-order valence-corrected chi connectivity index (χ3v) is 5.21. The summed E-state index contributed by atoms with van der Waals surface area (Å²) in [6, 6.07) is 10.3. The molecule has 0 saturated carbocycles. The monoisotopic (exact) mass is 367 g/mol. The molecule has 2 bridgehead atoms. The maximum Gasteiger partial charge on any atom is 0.238 e. The molecule has 2 unspecified atom stereocenters. The van der Waals surface area contributed by atoms with Crippen molar-refractivity contribution in [2.24, 2.45) is 0 Å². The summed E-state index contributed by atoms with van der Waals surface area (Å²) in [6.07, 6.45) is 2.96. The van der Waals surface area contributed by atoms with Gasteiger partial charge in [0.2, 0.25) is 5.91 Å². The van der Waals surface area contributed by atoms with Crippen molar-refractivity contribution < 1.29 is 9.53 Å². The number of anilines is 2. The number of rotatable bonds is 6. The highest BCUT2D eigenvalue weighted by Gasteiger charge is 2.45. The first-order valence-corrected chi connectivity index (χ1v) is 9.45. The van der Waals surface area contributed by atoms with Gasteiger partial charge in [0.1, 0.15) is 17.4 Å². The molecule has 3 aliphatic rings. The number of benzene rings is 1. The standard InChI is InChI=1S/C20H25N5O2/c1-3-27-18-6-4-15(5-7-18)23-20(26)13-25-16-10-17(25)12-24(11-16)19-8-9-21-14(2)22-19/h4-9,16-17H,3,10-13H2,1-2H3,(H,23,26). The molecule has 1 aromatic carbocycles. The van der Waals surface area contributed by atoms with E-state index >= 15 is 0 Å². The molecular formula is C20H25N5O2. The second kappa shape index (κ2) is 7.52. The van der Waals surface area contributed by atoms with Crippen molar-refractivity contribution in [3.8, 4) is 5.75 Å². The molecule has 1 aromatic heterocycles. The summed E-state index contributed by atoms with van der Waals surface area (Å²) < 4.78 is 5.43. The third-order valence-electron chi connectivity index (χ3n) is 5.21. The average molecular weight is 367 g/mol. The van der Waals surface area contributed by atoms with E-state index in [1.54, 1.807) is 6.20 Å². The van der Waals surface area contributed by atoms with Gasteiger partial charge in [-0.3, -0.25) is 9.69 Å². The van der Waals surface area contributed by atoms with Crippen LogP contribution in [0.4, 0.5) is 11.5 Å². The summed E-state index contributed by atoms with van der Waals surface area (Å²) >= 11 is 0. The zero-order valence-electron chi connectivity index (χ0n) is 15.8. The zero-order valence-corrected chi connectivity index (χ0v) is 15.8. The molecule has 4 heterocycles. The smallest absolute Gasteiger partial charge is 0.238 e. The van der Waals surface area contributed by atoms with Crippen LogP contribution in [0, 0.1) is 6.92 Å². The van der Waals surface area contributed by atoms with E-state index < -0.39 is 0 Å². The second-order valence-electron chi connectivity index (χ2n) is 7.09. The Morgan fingerprint density at radius 1 is 1.22 bits per heavy atom. The van der Waals surface area contributed by atoms with Gasteiger partial charge in [-0.25, -0.2) is 9.97 Å². The molecule has 3 aliphatic heterocycles. The predicted molar refractivity (Wildman–Crippen MR) is 104 cm³/mol. The van der Waals surface area contributed by atoms with Crippen molar-refractivity contribution in [1.82, 2.24) is 14.9 Å². The lowest BCUT2D eigenvalue weighted by atomic mass is 9.87. The Labute approximate surface area is 159 Å². The van der Waals surface area contributed by atoms with E-state index in [4.69, 9.17) is 4.74 Å². The first-order chi connectivity index (χ1) is 13.1. The maximum absolute atomic E-state index is 12.4. The Kier molecular flexibility index (Phi) is 4.94. The molecule has 3 fully saturated rings. The molecule has 1 N–H and O–H groups in total. The van der Waals surface area contributed by atoms with Crippen molar-refractivity contribution in [2.45, 2.75) is 32.4 Å². The lowest BCUT2D eigenvalue weighted by Crippen LogP contribution is -2.69. The van der Waals surface area contributed by atoms with Crippen molar-refractivity contribution in [1.29, 1.82) is 0 Å². The Balaban J connectivity index is 1.30. The van der Waals surface area contributed by atoms with Crippen LogP contribution in [0.1, 0.15) is 19.2 Å². The number of hydrogen-bond acceptors (Lipinski definition) is 6. The van der Waals surface area contributed by atoms with Gasteiger partial charge in [0.15, 0.2) is 0 Å². The van der Waals surface area contributed by atoms with Crippen molar-refractivity contribution in [3.63, 3.8) is 0 Å². The number of aromatic nitrogens is 2. The minimum absolute atomic E-state index is 0.0280. The third kappa shape index (κ3) is 3.88. The Morgan fingerprint density at radius 3 is 2.63 bits per heavy atom. The topological polar surface area (TPSA) is 70.6 Å². The Bertz CT molecular complexity index is 798. The molecule has 27 heavy (non-hydrogen) atoms. The van der Waals surface area contributed by atoms with Crippen molar-refractivity contribution >= 4 is 17.4 Å². The number of aryl methyl sites for hydroxylation is 1. The fraction of sp³-hybridized carbons (Fsp3) is 0.450. The van der Waals surface area contributed by atoms with E-state index in [2.05, 4.69) is 25.1 Å². The normalized spacial score (nSPS) is 21.5.